The van der Waals surface area contributed by atoms with Gasteiger partial charge in [-0.1, -0.05) is 12.7 Å². The zero-order valence-electron chi connectivity index (χ0n) is 26.4. The lowest BCUT2D eigenvalue weighted by atomic mass is 9.96. The van der Waals surface area contributed by atoms with Crippen LogP contribution in [0.2, 0.25) is 0 Å². The van der Waals surface area contributed by atoms with Crippen LogP contribution < -0.4 is 0 Å². The Hall–Kier alpha value is -3.21. The van der Waals surface area contributed by atoms with Crippen LogP contribution in [0.25, 0.3) is 22.3 Å². The Bertz CT molecular complexity index is 1480. The summed E-state index contributed by atoms with van der Waals surface area (Å²) in [6.45, 7) is 5.08. The fourth-order valence-electron chi connectivity index (χ4n) is 3.12. The molecule has 1 atom stereocenters. The van der Waals surface area contributed by atoms with E-state index in [0.717, 1.165) is 4.68 Å². The third-order valence-corrected chi connectivity index (χ3v) is 4.77. The number of nitriles is 1. The molecule has 31 heavy (non-hydrogen) atoms. The van der Waals surface area contributed by atoms with Crippen molar-refractivity contribution in [3.05, 3.63) is 31.0 Å². The van der Waals surface area contributed by atoms with E-state index in [1.807, 2.05) is 0 Å². The predicted molar refractivity (Wildman–Crippen MR) is 116 cm³/mol. The number of aromatic nitrogens is 5. The molecule has 1 unspecified atom stereocenters. The Kier molecular flexibility index (Phi) is 3.45. The first-order valence-corrected chi connectivity index (χ1v) is 9.66. The minimum absolute atomic E-state index is 0.102. The van der Waals surface area contributed by atoms with E-state index < -0.39 is 55.2 Å². The molecule has 3 aromatic heterocycles. The molecule has 0 saturated heterocycles. The molecule has 0 spiro atoms. The molecular weight excluding hydrogens is 392 g/mol. The van der Waals surface area contributed by atoms with Gasteiger partial charge in [0.15, 0.2) is 6.73 Å². The van der Waals surface area contributed by atoms with Crippen molar-refractivity contribution in [2.24, 2.45) is 11.3 Å². The quantitative estimate of drug-likeness (QED) is 0.536. The van der Waals surface area contributed by atoms with Gasteiger partial charge in [0.25, 0.3) is 0 Å². The van der Waals surface area contributed by atoms with Crippen molar-refractivity contribution in [2.75, 3.05) is 0 Å². The largest absolute Gasteiger partial charge is 0.443 e. The second kappa shape index (κ2) is 8.50. The molecule has 1 fully saturated rings. The number of carbonyl (C=O) groups is 1. The Balaban J connectivity index is 1.76. The summed E-state index contributed by atoms with van der Waals surface area (Å²) in [6.07, 6.45) is -8.60. The lowest BCUT2D eigenvalue weighted by Gasteiger charge is -2.21. The summed E-state index contributed by atoms with van der Waals surface area (Å²) in [7, 11) is 0. The van der Waals surface area contributed by atoms with Crippen molar-refractivity contribution in [1.82, 2.24) is 24.3 Å². The van der Waals surface area contributed by atoms with Gasteiger partial charge < -0.3 is 4.74 Å². The third-order valence-electron chi connectivity index (χ3n) is 4.77. The highest BCUT2D eigenvalue weighted by atomic mass is 16.5. The Morgan fingerprint density at radius 1 is 1.42 bits per heavy atom. The van der Waals surface area contributed by atoms with Gasteiger partial charge in [-0.3, -0.25) is 14.0 Å². The summed E-state index contributed by atoms with van der Waals surface area (Å²) in [6, 6.07) is 1.76. The number of rotatable bonds is 6. The molecule has 0 radical (unpaired) electrons. The molecule has 0 N–H and O–H groups in total. The normalized spacial score (nSPS) is 27.6. The fraction of sp³-hybridized carbons (Fsp3) is 0.522. The van der Waals surface area contributed by atoms with Gasteiger partial charge in [0.1, 0.15) is 12.0 Å². The first-order valence-electron chi connectivity index (χ1n) is 14.2. The maximum absolute atomic E-state index is 12.2. The number of fused-ring (bicyclic) bond motifs is 1. The molecular formula is C23H28N6O2. The highest BCUT2D eigenvalue weighted by Gasteiger charge is 2.27. The second-order valence-corrected chi connectivity index (χ2v) is 8.06. The number of ether oxygens (including phenoxy) is 1. The zero-order chi connectivity index (χ0) is 30.1. The molecule has 0 amide bonds. The van der Waals surface area contributed by atoms with Gasteiger partial charge in [0.05, 0.1) is 35.8 Å². The maximum Gasteiger partial charge on any atom is 0.312 e. The van der Waals surface area contributed by atoms with Gasteiger partial charge in [-0.15, -0.1) is 0 Å². The summed E-state index contributed by atoms with van der Waals surface area (Å²) in [5, 5.41) is 14.2. The van der Waals surface area contributed by atoms with E-state index in [2.05, 4.69) is 15.1 Å². The number of hydrogen-bond donors (Lipinski definition) is 0. The smallest absolute Gasteiger partial charge is 0.312 e. The molecule has 0 aromatic carbocycles. The molecule has 162 valence electrons. The SMILES string of the molecule is [2H]C1([2H])C([2H])([2H])C([2H])([2H])C([2H])(C(CC#N)n2cc(-c3ncnc4c3ccn4COC(=O)C(C)(C)C)cn2)C1([2H])[2H]. The number of hydrogen-bond acceptors (Lipinski definition) is 6. The van der Waals surface area contributed by atoms with E-state index in [-0.39, 0.29) is 6.73 Å². The Morgan fingerprint density at radius 3 is 2.90 bits per heavy atom. The monoisotopic (exact) mass is 429 g/mol. The van der Waals surface area contributed by atoms with Crippen LogP contribution >= 0.6 is 0 Å². The fourth-order valence-corrected chi connectivity index (χ4v) is 3.12. The van der Waals surface area contributed by atoms with Gasteiger partial charge in [-0.25, -0.2) is 9.97 Å². The van der Waals surface area contributed by atoms with Crippen molar-refractivity contribution in [3.8, 4) is 17.3 Å². The van der Waals surface area contributed by atoms with Crippen LogP contribution in [0, 0.1) is 22.6 Å². The van der Waals surface area contributed by atoms with E-state index in [4.69, 9.17) is 17.1 Å². The van der Waals surface area contributed by atoms with Crippen LogP contribution in [0.3, 0.4) is 0 Å². The first-order chi connectivity index (χ1) is 18.3. The van der Waals surface area contributed by atoms with Crippen molar-refractivity contribution in [1.29, 1.82) is 5.26 Å². The summed E-state index contributed by atoms with van der Waals surface area (Å²) in [5.41, 5.74) is 0.426. The molecule has 0 aliphatic heterocycles. The van der Waals surface area contributed by atoms with Crippen molar-refractivity contribution < 1.29 is 21.9 Å². The molecule has 4 rings (SSSR count). The van der Waals surface area contributed by atoms with Crippen molar-refractivity contribution >= 4 is 17.0 Å². The van der Waals surface area contributed by atoms with Crippen LogP contribution in [0.15, 0.2) is 31.0 Å². The average molecular weight is 430 g/mol. The number of esters is 1. The lowest BCUT2D eigenvalue weighted by Crippen LogP contribution is -2.23. The number of nitrogens with zero attached hydrogens (tertiary/aromatic N) is 6. The van der Waals surface area contributed by atoms with Gasteiger partial charge in [0.2, 0.25) is 0 Å². The van der Waals surface area contributed by atoms with Crippen LogP contribution in [-0.2, 0) is 16.3 Å². The molecule has 3 aromatic rings. The summed E-state index contributed by atoms with van der Waals surface area (Å²) < 4.78 is 83.0. The lowest BCUT2D eigenvalue weighted by molar-refractivity contribution is -0.156. The summed E-state index contributed by atoms with van der Waals surface area (Å²) >= 11 is 0. The molecule has 3 heterocycles. The van der Waals surface area contributed by atoms with E-state index in [1.165, 1.54) is 18.7 Å². The maximum atomic E-state index is 12.2. The third kappa shape index (κ3) is 4.31. The topological polar surface area (TPSA) is 98.6 Å². The van der Waals surface area contributed by atoms with E-state index in [0.29, 0.717) is 22.3 Å². The van der Waals surface area contributed by atoms with E-state index >= 15 is 0 Å². The molecule has 8 heteroatoms. The molecule has 0 bridgehead atoms. The molecule has 1 aliphatic carbocycles. The highest BCUT2D eigenvalue weighted by molar-refractivity contribution is 5.90. The Morgan fingerprint density at radius 2 is 2.19 bits per heavy atom. The van der Waals surface area contributed by atoms with Crippen LogP contribution in [0.1, 0.15) is 71.1 Å². The van der Waals surface area contributed by atoms with Crippen LogP contribution in [0.5, 0.6) is 0 Å². The minimum atomic E-state index is -3.40. The summed E-state index contributed by atoms with van der Waals surface area (Å²) in [4.78, 5) is 20.7. The van der Waals surface area contributed by atoms with Gasteiger partial charge in [-0.05, 0) is 45.5 Å². The van der Waals surface area contributed by atoms with E-state index in [9.17, 15) is 10.1 Å². The van der Waals surface area contributed by atoms with E-state index in [1.54, 1.807) is 43.7 Å². The van der Waals surface area contributed by atoms with Gasteiger partial charge in [-0.2, -0.15) is 10.4 Å². The van der Waals surface area contributed by atoms with Crippen molar-refractivity contribution in [2.45, 2.75) is 65.5 Å². The van der Waals surface area contributed by atoms with Gasteiger partial charge in [0, 0.05) is 35.7 Å². The second-order valence-electron chi connectivity index (χ2n) is 8.06. The minimum Gasteiger partial charge on any atom is -0.443 e. The number of carbonyl (C=O) groups excluding carboxylic acids is 1. The molecule has 8 nitrogen and oxygen atoms in total. The zero-order valence-corrected chi connectivity index (χ0v) is 17.4. The Labute approximate surface area is 194 Å². The van der Waals surface area contributed by atoms with Gasteiger partial charge >= 0.3 is 5.97 Å². The van der Waals surface area contributed by atoms with Crippen LogP contribution in [0.4, 0.5) is 0 Å². The standard InChI is InChI=1S/C23H28N6O2/c1-23(2,3)22(30)31-15-28-11-9-18-20(25-14-26-21(18)28)17-12-27-29(13-17)19(8-10-24)16-6-4-5-7-16/h9,11-14,16,19H,4-8,15H2,1-3H3/i4D2,5D2,6D2,7D2,16D. The highest BCUT2D eigenvalue weighted by Crippen LogP contribution is 2.36. The predicted octanol–water partition coefficient (Wildman–Crippen LogP) is 4.49. The average Bonchev–Trinajstić information content (AvgIpc) is 3.52. The molecule has 1 saturated carbocycles. The first kappa shape index (κ1) is 12.6. The summed E-state index contributed by atoms with van der Waals surface area (Å²) in [5.74, 6) is -3.49. The van der Waals surface area contributed by atoms with Crippen LogP contribution in [-0.4, -0.2) is 30.3 Å². The van der Waals surface area contributed by atoms with Crippen molar-refractivity contribution in [3.63, 3.8) is 0 Å². The molecule has 1 aliphatic rings.